The van der Waals surface area contributed by atoms with Gasteiger partial charge in [-0.25, -0.2) is 4.98 Å². The molecular formula is C33H33ClN4O3. The lowest BCUT2D eigenvalue weighted by Crippen LogP contribution is -2.49. The molecule has 41 heavy (non-hydrogen) atoms. The molecule has 2 aliphatic rings. The second-order valence-corrected chi connectivity index (χ2v) is 10.8. The summed E-state index contributed by atoms with van der Waals surface area (Å²) in [6, 6.07) is 22.6. The number of carbonyl (C=O) groups is 1. The number of ether oxygens (including phenoxy) is 2. The van der Waals surface area contributed by atoms with E-state index in [0.29, 0.717) is 31.1 Å². The molecule has 210 valence electrons. The van der Waals surface area contributed by atoms with E-state index in [1.54, 1.807) is 7.11 Å². The molecule has 0 spiro atoms. The number of imidazole rings is 1. The predicted molar refractivity (Wildman–Crippen MR) is 162 cm³/mol. The lowest BCUT2D eigenvalue weighted by atomic mass is 10.1. The van der Waals surface area contributed by atoms with Crippen LogP contribution in [0.3, 0.4) is 0 Å². The van der Waals surface area contributed by atoms with E-state index < -0.39 is 0 Å². The van der Waals surface area contributed by atoms with Crippen molar-refractivity contribution in [2.24, 2.45) is 0 Å². The van der Waals surface area contributed by atoms with Crippen molar-refractivity contribution in [1.29, 1.82) is 0 Å². The Balaban J connectivity index is 1.20. The van der Waals surface area contributed by atoms with Gasteiger partial charge in [0.05, 0.1) is 24.6 Å². The number of benzene rings is 2. The first-order valence-corrected chi connectivity index (χ1v) is 14.3. The molecule has 0 N–H and O–H groups in total. The molecular weight excluding hydrogens is 536 g/mol. The maximum Gasteiger partial charge on any atom is 0.248 e. The van der Waals surface area contributed by atoms with Gasteiger partial charge >= 0.3 is 0 Å². The molecule has 1 atom stereocenters. The van der Waals surface area contributed by atoms with Crippen LogP contribution in [0.25, 0.3) is 28.0 Å². The average molecular weight is 569 g/mol. The SMILES string of the molecule is COc1cccc(-c2nc3ccc(-c4ccccc4)cn3c2CN2CCN(C(=O)COC3C=CC(Cl)=CC3)CC2)c1. The second kappa shape index (κ2) is 12.3. The Kier molecular flexibility index (Phi) is 8.19. The molecule has 6 rings (SSSR count). The fourth-order valence-corrected chi connectivity index (χ4v) is 5.54. The molecule has 1 aliphatic carbocycles. The first-order chi connectivity index (χ1) is 20.1. The van der Waals surface area contributed by atoms with Crippen molar-refractivity contribution in [2.75, 3.05) is 39.9 Å². The highest BCUT2D eigenvalue weighted by Crippen LogP contribution is 2.30. The third-order valence-electron chi connectivity index (χ3n) is 7.70. The summed E-state index contributed by atoms with van der Waals surface area (Å²) in [6.07, 6.45) is 8.41. The molecule has 0 saturated carbocycles. The van der Waals surface area contributed by atoms with Crippen molar-refractivity contribution in [2.45, 2.75) is 19.1 Å². The number of fused-ring (bicyclic) bond motifs is 1. The maximum absolute atomic E-state index is 12.9. The van der Waals surface area contributed by atoms with Crippen molar-refractivity contribution >= 4 is 23.2 Å². The monoisotopic (exact) mass is 568 g/mol. The molecule has 3 heterocycles. The number of allylic oxidation sites excluding steroid dienone is 2. The number of methoxy groups -OCH3 is 1. The largest absolute Gasteiger partial charge is 0.497 e. The van der Waals surface area contributed by atoms with Gasteiger partial charge in [0.25, 0.3) is 0 Å². The Labute approximate surface area is 245 Å². The van der Waals surface area contributed by atoms with Gasteiger partial charge in [0.2, 0.25) is 5.91 Å². The number of nitrogens with zero attached hydrogens (tertiary/aromatic N) is 4. The van der Waals surface area contributed by atoms with Crippen LogP contribution in [0, 0.1) is 0 Å². The number of carbonyl (C=O) groups excluding carboxylic acids is 1. The Bertz CT molecular complexity index is 1590. The zero-order chi connectivity index (χ0) is 28.2. The fraction of sp³-hybridized carbons (Fsp3) is 0.273. The molecule has 1 aliphatic heterocycles. The van der Waals surface area contributed by atoms with E-state index in [4.69, 9.17) is 26.1 Å². The first-order valence-electron chi connectivity index (χ1n) is 13.9. The summed E-state index contributed by atoms with van der Waals surface area (Å²) >= 11 is 5.98. The highest BCUT2D eigenvalue weighted by atomic mass is 35.5. The number of amides is 1. The summed E-state index contributed by atoms with van der Waals surface area (Å²) in [5, 5.41) is 0.712. The lowest BCUT2D eigenvalue weighted by molar-refractivity contribution is -0.139. The van der Waals surface area contributed by atoms with Gasteiger partial charge in [-0.3, -0.25) is 9.69 Å². The van der Waals surface area contributed by atoms with Gasteiger partial charge in [-0.1, -0.05) is 66.2 Å². The van der Waals surface area contributed by atoms with E-state index in [-0.39, 0.29) is 18.6 Å². The van der Waals surface area contributed by atoms with Gasteiger partial charge in [0.15, 0.2) is 0 Å². The van der Waals surface area contributed by atoms with Gasteiger partial charge in [-0.2, -0.15) is 0 Å². The second-order valence-electron chi connectivity index (χ2n) is 10.3. The highest BCUT2D eigenvalue weighted by molar-refractivity contribution is 6.31. The Morgan fingerprint density at radius 3 is 2.54 bits per heavy atom. The van der Waals surface area contributed by atoms with E-state index in [9.17, 15) is 4.79 Å². The van der Waals surface area contributed by atoms with E-state index in [1.165, 1.54) is 0 Å². The minimum atomic E-state index is -0.103. The summed E-state index contributed by atoms with van der Waals surface area (Å²) < 4.78 is 13.5. The molecule has 1 saturated heterocycles. The number of piperazine rings is 1. The zero-order valence-corrected chi connectivity index (χ0v) is 23.8. The quantitative estimate of drug-likeness (QED) is 0.269. The van der Waals surface area contributed by atoms with Gasteiger partial charge in [-0.15, -0.1) is 0 Å². The minimum Gasteiger partial charge on any atom is -0.497 e. The molecule has 4 aromatic rings. The smallest absolute Gasteiger partial charge is 0.248 e. The van der Waals surface area contributed by atoms with Crippen LogP contribution in [0.5, 0.6) is 5.75 Å². The van der Waals surface area contributed by atoms with Crippen LogP contribution in [0.1, 0.15) is 12.1 Å². The maximum atomic E-state index is 12.9. The van der Waals surface area contributed by atoms with Crippen molar-refractivity contribution in [3.63, 3.8) is 0 Å². The van der Waals surface area contributed by atoms with Gasteiger partial charge < -0.3 is 18.8 Å². The highest BCUT2D eigenvalue weighted by Gasteiger charge is 2.25. The molecule has 1 unspecified atom stereocenters. The topological polar surface area (TPSA) is 59.3 Å². The molecule has 1 fully saturated rings. The lowest BCUT2D eigenvalue weighted by Gasteiger charge is -2.35. The normalized spacial score (nSPS) is 17.6. The summed E-state index contributed by atoms with van der Waals surface area (Å²) in [5.41, 5.74) is 6.27. The van der Waals surface area contributed by atoms with E-state index in [0.717, 1.165) is 52.6 Å². The number of halogens is 1. The van der Waals surface area contributed by atoms with Gasteiger partial charge in [0, 0.05) is 49.5 Å². The molecule has 2 aromatic heterocycles. The van der Waals surface area contributed by atoms with Crippen LogP contribution in [0.2, 0.25) is 0 Å². The first kappa shape index (κ1) is 27.3. The van der Waals surface area contributed by atoms with Crippen molar-refractivity contribution in [1.82, 2.24) is 19.2 Å². The summed E-state index contributed by atoms with van der Waals surface area (Å²) in [5.74, 6) is 0.825. The van der Waals surface area contributed by atoms with Crippen LogP contribution < -0.4 is 4.74 Å². The third kappa shape index (κ3) is 6.22. The van der Waals surface area contributed by atoms with Crippen LogP contribution >= 0.6 is 11.6 Å². The number of aromatic nitrogens is 2. The molecule has 2 aromatic carbocycles. The van der Waals surface area contributed by atoms with Crippen molar-refractivity contribution < 1.29 is 14.3 Å². The number of hydrogen-bond acceptors (Lipinski definition) is 5. The number of hydrogen-bond donors (Lipinski definition) is 0. The fourth-order valence-electron chi connectivity index (χ4n) is 5.38. The van der Waals surface area contributed by atoms with Crippen LogP contribution in [-0.2, 0) is 16.1 Å². The van der Waals surface area contributed by atoms with Crippen LogP contribution in [0.15, 0.2) is 96.2 Å². The van der Waals surface area contributed by atoms with Crippen molar-refractivity contribution in [3.8, 4) is 28.1 Å². The third-order valence-corrected chi connectivity index (χ3v) is 7.98. The average Bonchev–Trinajstić information content (AvgIpc) is 3.39. The standard InChI is InChI=1S/C33H33ClN4O3/c1-40-29-9-5-8-25(20-29)33-30(38-21-26(10-15-31(38)35-33)24-6-3-2-4-7-24)22-36-16-18-37(19-17-36)32(39)23-41-28-13-11-27(34)12-14-28/h2-13,15,20-21,28H,14,16-19,22-23H2,1H3. The van der Waals surface area contributed by atoms with Crippen LogP contribution in [0.4, 0.5) is 0 Å². The zero-order valence-electron chi connectivity index (χ0n) is 23.1. The molecule has 0 radical (unpaired) electrons. The molecule has 0 bridgehead atoms. The Hall–Kier alpha value is -3.91. The molecule has 1 amide bonds. The number of rotatable bonds is 8. The Morgan fingerprint density at radius 1 is 0.976 bits per heavy atom. The van der Waals surface area contributed by atoms with Crippen LogP contribution in [-0.4, -0.2) is 71.1 Å². The summed E-state index contributed by atoms with van der Waals surface area (Å²) in [4.78, 5) is 22.2. The summed E-state index contributed by atoms with van der Waals surface area (Å²) in [6.45, 7) is 3.66. The van der Waals surface area contributed by atoms with E-state index >= 15 is 0 Å². The van der Waals surface area contributed by atoms with Gasteiger partial charge in [-0.05, 0) is 47.9 Å². The number of pyridine rings is 1. The molecule has 8 heteroatoms. The van der Waals surface area contributed by atoms with Crippen molar-refractivity contribution in [3.05, 3.63) is 102 Å². The summed E-state index contributed by atoms with van der Waals surface area (Å²) in [7, 11) is 1.68. The van der Waals surface area contributed by atoms with E-state index in [1.807, 2.05) is 47.4 Å². The van der Waals surface area contributed by atoms with Gasteiger partial charge in [0.1, 0.15) is 18.0 Å². The Morgan fingerprint density at radius 2 is 1.78 bits per heavy atom. The molecule has 7 nitrogen and oxygen atoms in total. The van der Waals surface area contributed by atoms with E-state index in [2.05, 4.69) is 58.0 Å². The minimum absolute atomic E-state index is 0.0260. The predicted octanol–water partition coefficient (Wildman–Crippen LogP) is 5.79.